The van der Waals surface area contributed by atoms with E-state index in [0.717, 1.165) is 21.9 Å². The Kier molecular flexibility index (Phi) is 5.05. The van der Waals surface area contributed by atoms with Gasteiger partial charge in [0.15, 0.2) is 0 Å². The molecule has 6 heteroatoms. The Morgan fingerprint density at radius 2 is 2.04 bits per heavy atom. The highest BCUT2D eigenvalue weighted by Gasteiger charge is 2.15. The second kappa shape index (κ2) is 7.40. The lowest BCUT2D eigenvalue weighted by Gasteiger charge is -2.17. The number of nitrogens with one attached hydrogen (secondary N) is 2. The van der Waals surface area contributed by atoms with Gasteiger partial charge in [0.25, 0.3) is 5.91 Å². The van der Waals surface area contributed by atoms with Gasteiger partial charge in [-0.3, -0.25) is 9.59 Å². The topological polar surface area (TPSA) is 67.4 Å². The molecule has 0 radical (unpaired) electrons. The molecule has 2 aromatic rings. The molecule has 1 aliphatic rings. The molecule has 124 valence electrons. The molecule has 0 spiro atoms. The summed E-state index contributed by atoms with van der Waals surface area (Å²) in [5.74, 6) is 1.10. The zero-order valence-electron chi connectivity index (χ0n) is 13.3. The molecule has 2 aromatic carbocycles. The van der Waals surface area contributed by atoms with E-state index in [4.69, 9.17) is 4.74 Å². The van der Waals surface area contributed by atoms with Crippen LogP contribution in [0.3, 0.4) is 0 Å². The van der Waals surface area contributed by atoms with Gasteiger partial charge in [-0.15, -0.1) is 11.8 Å². The van der Waals surface area contributed by atoms with Gasteiger partial charge < -0.3 is 15.4 Å². The van der Waals surface area contributed by atoms with Crippen LogP contribution in [0.5, 0.6) is 5.75 Å². The first-order valence-electron chi connectivity index (χ1n) is 7.63. The van der Waals surface area contributed by atoms with Gasteiger partial charge in [-0.2, -0.15) is 0 Å². The van der Waals surface area contributed by atoms with Crippen LogP contribution >= 0.6 is 11.8 Å². The second-order valence-corrected chi connectivity index (χ2v) is 6.42. The van der Waals surface area contributed by atoms with E-state index < -0.39 is 0 Å². The van der Waals surface area contributed by atoms with Gasteiger partial charge in [-0.25, -0.2) is 0 Å². The average molecular weight is 342 g/mol. The van der Waals surface area contributed by atoms with Crippen LogP contribution in [-0.4, -0.2) is 31.2 Å². The molecule has 0 saturated carbocycles. The average Bonchev–Trinajstić information content (AvgIpc) is 2.61. The summed E-state index contributed by atoms with van der Waals surface area (Å²) in [7, 11) is 1.59. The Bertz CT molecular complexity index is 759. The highest BCUT2D eigenvalue weighted by molar-refractivity contribution is 8.00. The maximum Gasteiger partial charge on any atom is 0.251 e. The van der Waals surface area contributed by atoms with Crippen molar-refractivity contribution < 1.29 is 14.3 Å². The van der Waals surface area contributed by atoms with Crippen LogP contribution in [0.2, 0.25) is 0 Å². The molecule has 0 aromatic heterocycles. The van der Waals surface area contributed by atoms with Crippen molar-refractivity contribution in [2.45, 2.75) is 11.3 Å². The zero-order chi connectivity index (χ0) is 16.9. The number of thioether (sulfide) groups is 1. The van der Waals surface area contributed by atoms with Crippen LogP contribution in [-0.2, 0) is 11.2 Å². The number of carbonyl (C=O) groups excluding carboxylic acids is 2. The Hall–Kier alpha value is -2.47. The summed E-state index contributed by atoms with van der Waals surface area (Å²) in [5.41, 5.74) is 2.53. The summed E-state index contributed by atoms with van der Waals surface area (Å²) >= 11 is 1.54. The molecular weight excluding hydrogens is 324 g/mol. The van der Waals surface area contributed by atoms with E-state index in [1.165, 1.54) is 0 Å². The van der Waals surface area contributed by atoms with Crippen molar-refractivity contribution in [1.82, 2.24) is 5.32 Å². The Balaban J connectivity index is 1.55. The van der Waals surface area contributed by atoms with Crippen molar-refractivity contribution in [3.05, 3.63) is 53.6 Å². The Morgan fingerprint density at radius 3 is 2.79 bits per heavy atom. The van der Waals surface area contributed by atoms with Gasteiger partial charge in [0.1, 0.15) is 5.75 Å². The number of benzene rings is 2. The fourth-order valence-electron chi connectivity index (χ4n) is 2.45. The fourth-order valence-corrected chi connectivity index (χ4v) is 3.24. The number of ether oxygens (including phenoxy) is 1. The highest BCUT2D eigenvalue weighted by Crippen LogP contribution is 2.31. The number of carbonyl (C=O) groups is 2. The maximum atomic E-state index is 12.1. The zero-order valence-corrected chi connectivity index (χ0v) is 14.1. The lowest BCUT2D eigenvalue weighted by molar-refractivity contribution is -0.113. The van der Waals surface area contributed by atoms with Crippen LogP contribution in [0.1, 0.15) is 15.9 Å². The summed E-state index contributed by atoms with van der Waals surface area (Å²) in [6.07, 6.45) is 0.704. The van der Waals surface area contributed by atoms with Crippen LogP contribution in [0, 0.1) is 0 Å². The molecule has 2 N–H and O–H groups in total. The molecule has 0 unspecified atom stereocenters. The first-order chi connectivity index (χ1) is 11.7. The number of hydrogen-bond acceptors (Lipinski definition) is 4. The van der Waals surface area contributed by atoms with E-state index in [2.05, 4.69) is 10.6 Å². The summed E-state index contributed by atoms with van der Waals surface area (Å²) in [4.78, 5) is 24.6. The van der Waals surface area contributed by atoms with Crippen LogP contribution < -0.4 is 15.4 Å². The number of hydrogen-bond donors (Lipinski definition) is 2. The van der Waals surface area contributed by atoms with Gasteiger partial charge in [-0.05, 0) is 48.4 Å². The molecule has 0 aliphatic carbocycles. The fraction of sp³-hybridized carbons (Fsp3) is 0.222. The predicted octanol–water partition coefficient (Wildman–Crippen LogP) is 2.71. The lowest BCUT2D eigenvalue weighted by Crippen LogP contribution is -2.25. The molecule has 24 heavy (non-hydrogen) atoms. The number of fused-ring (bicyclic) bond motifs is 1. The lowest BCUT2D eigenvalue weighted by atomic mass is 10.1. The van der Waals surface area contributed by atoms with E-state index in [1.54, 1.807) is 43.1 Å². The third-order valence-electron chi connectivity index (χ3n) is 3.73. The minimum Gasteiger partial charge on any atom is -0.497 e. The first kappa shape index (κ1) is 16.4. The van der Waals surface area contributed by atoms with Gasteiger partial charge in [0.2, 0.25) is 5.91 Å². The van der Waals surface area contributed by atoms with Crippen LogP contribution in [0.4, 0.5) is 5.69 Å². The third kappa shape index (κ3) is 3.89. The normalized spacial score (nSPS) is 13.0. The standard InChI is InChI=1S/C18H18N2O3S/c1-23-14-5-3-13(4-6-14)18(22)19-9-8-12-2-7-16-15(10-12)20-17(21)11-24-16/h2-7,10H,8-9,11H2,1H3,(H,19,22)(H,20,21). The number of anilines is 1. The van der Waals surface area contributed by atoms with Gasteiger partial charge in [0.05, 0.1) is 18.6 Å². The largest absolute Gasteiger partial charge is 0.497 e. The summed E-state index contributed by atoms with van der Waals surface area (Å²) in [6.45, 7) is 0.532. The van der Waals surface area contributed by atoms with Crippen LogP contribution in [0.25, 0.3) is 0 Å². The van der Waals surface area contributed by atoms with E-state index in [1.807, 2.05) is 18.2 Å². The molecule has 0 bridgehead atoms. The number of amides is 2. The molecule has 1 heterocycles. The van der Waals surface area contributed by atoms with Gasteiger partial charge >= 0.3 is 0 Å². The summed E-state index contributed by atoms with van der Waals surface area (Å²) < 4.78 is 5.08. The second-order valence-electron chi connectivity index (χ2n) is 5.40. The minimum absolute atomic E-state index is 0.0254. The van der Waals surface area contributed by atoms with Crippen LogP contribution in [0.15, 0.2) is 47.4 Å². The highest BCUT2D eigenvalue weighted by atomic mass is 32.2. The molecule has 0 saturated heterocycles. The van der Waals surface area contributed by atoms with E-state index in [0.29, 0.717) is 24.3 Å². The monoisotopic (exact) mass is 342 g/mol. The SMILES string of the molecule is COc1ccc(C(=O)NCCc2ccc3c(c2)NC(=O)CS3)cc1. The van der Waals surface area contributed by atoms with E-state index >= 15 is 0 Å². The molecule has 1 aliphatic heterocycles. The molecule has 5 nitrogen and oxygen atoms in total. The minimum atomic E-state index is -0.112. The van der Waals surface area contributed by atoms with Crippen molar-refractivity contribution in [2.24, 2.45) is 0 Å². The molecule has 2 amide bonds. The Morgan fingerprint density at radius 1 is 1.25 bits per heavy atom. The smallest absolute Gasteiger partial charge is 0.251 e. The van der Waals surface area contributed by atoms with Gasteiger partial charge in [-0.1, -0.05) is 6.07 Å². The molecular formula is C18H18N2O3S. The number of rotatable bonds is 5. The van der Waals surface area contributed by atoms with E-state index in [-0.39, 0.29) is 11.8 Å². The summed E-state index contributed by atoms with van der Waals surface area (Å²) in [5, 5.41) is 5.78. The predicted molar refractivity (Wildman–Crippen MR) is 94.8 cm³/mol. The number of methoxy groups -OCH3 is 1. The van der Waals surface area contributed by atoms with Gasteiger partial charge in [0, 0.05) is 17.0 Å². The quantitative estimate of drug-likeness (QED) is 0.877. The van der Waals surface area contributed by atoms with Crippen molar-refractivity contribution in [1.29, 1.82) is 0 Å². The Labute approximate surface area is 144 Å². The van der Waals surface area contributed by atoms with Crippen molar-refractivity contribution in [3.63, 3.8) is 0 Å². The van der Waals surface area contributed by atoms with Crippen molar-refractivity contribution in [3.8, 4) is 5.75 Å². The van der Waals surface area contributed by atoms with Crippen molar-refractivity contribution in [2.75, 3.05) is 24.7 Å². The van der Waals surface area contributed by atoms with E-state index in [9.17, 15) is 9.59 Å². The first-order valence-corrected chi connectivity index (χ1v) is 8.62. The maximum absolute atomic E-state index is 12.1. The molecule has 0 atom stereocenters. The third-order valence-corrected chi connectivity index (χ3v) is 4.80. The molecule has 0 fully saturated rings. The molecule has 3 rings (SSSR count). The van der Waals surface area contributed by atoms with Crippen molar-refractivity contribution >= 4 is 29.3 Å². The summed E-state index contributed by atoms with van der Waals surface area (Å²) in [6, 6.07) is 13.0.